The highest BCUT2D eigenvalue weighted by Gasteiger charge is 2.49. The van der Waals surface area contributed by atoms with E-state index in [0.717, 1.165) is 5.56 Å². The fourth-order valence-electron chi connectivity index (χ4n) is 5.74. The molecule has 3 aromatic rings. The minimum absolute atomic E-state index is 0.0576. The van der Waals surface area contributed by atoms with Crippen molar-refractivity contribution in [3.8, 4) is 22.6 Å². The van der Waals surface area contributed by atoms with Crippen molar-refractivity contribution in [2.75, 3.05) is 0 Å². The molecule has 2 aromatic heterocycles. The average Bonchev–Trinajstić information content (AvgIpc) is 2.89. The molecule has 1 N–H and O–H groups in total. The van der Waals surface area contributed by atoms with Crippen molar-refractivity contribution in [1.29, 1.82) is 0 Å². The highest BCUT2D eigenvalue weighted by Crippen LogP contribution is 2.51. The molecule has 2 aliphatic carbocycles. The van der Waals surface area contributed by atoms with Crippen molar-refractivity contribution in [3.05, 3.63) is 88.6 Å². The Balaban J connectivity index is 1.75. The molecule has 7 nitrogen and oxygen atoms in total. The van der Waals surface area contributed by atoms with Crippen LogP contribution >= 0.6 is 0 Å². The van der Waals surface area contributed by atoms with Crippen LogP contribution in [0.4, 0.5) is 4.39 Å². The largest absolute Gasteiger partial charge is 0.481 e. The third-order valence-corrected chi connectivity index (χ3v) is 7.62. The molecular formula is C29H25FN4O3. The van der Waals surface area contributed by atoms with Crippen LogP contribution in [0.15, 0.2) is 54.4 Å². The summed E-state index contributed by atoms with van der Waals surface area (Å²) in [5.74, 6) is -1.50. The minimum atomic E-state index is -0.915. The number of ketones is 1. The molecular weight excluding hydrogens is 471 g/mol. The van der Waals surface area contributed by atoms with Gasteiger partial charge in [0.2, 0.25) is 5.70 Å². The number of aliphatic carboxylic acids is 1. The van der Waals surface area contributed by atoms with E-state index < -0.39 is 17.2 Å². The topological polar surface area (TPSA) is 97.4 Å². The van der Waals surface area contributed by atoms with Crippen LogP contribution in [0, 0.1) is 24.2 Å². The molecule has 37 heavy (non-hydrogen) atoms. The molecule has 2 aliphatic rings. The number of fused-ring (bicyclic) bond motifs is 3. The van der Waals surface area contributed by atoms with Gasteiger partial charge in [-0.05, 0) is 43.0 Å². The number of carbonyl (C=O) groups is 2. The van der Waals surface area contributed by atoms with E-state index in [2.05, 4.69) is 9.83 Å². The molecule has 0 radical (unpaired) electrons. The first-order valence-electron chi connectivity index (χ1n) is 12.2. The lowest BCUT2D eigenvalue weighted by molar-refractivity contribution is -0.137. The molecule has 186 valence electrons. The summed E-state index contributed by atoms with van der Waals surface area (Å²) in [6, 6.07) is 9.97. The number of nitrogens with zero attached hydrogens (tertiary/aromatic N) is 4. The van der Waals surface area contributed by atoms with Gasteiger partial charge in [0.15, 0.2) is 11.6 Å². The summed E-state index contributed by atoms with van der Waals surface area (Å²) in [7, 11) is 0. The monoisotopic (exact) mass is 496 g/mol. The number of carboxylic acid groups (broad SMARTS) is 1. The van der Waals surface area contributed by atoms with Gasteiger partial charge in [-0.3, -0.25) is 9.78 Å². The van der Waals surface area contributed by atoms with Crippen molar-refractivity contribution < 1.29 is 19.1 Å². The Labute approximate surface area is 213 Å². The van der Waals surface area contributed by atoms with Crippen LogP contribution in [0.5, 0.6) is 0 Å². The number of rotatable bonds is 5. The van der Waals surface area contributed by atoms with E-state index in [1.54, 1.807) is 42.6 Å². The van der Waals surface area contributed by atoms with Crippen molar-refractivity contribution >= 4 is 11.8 Å². The fraction of sp³-hybridized carbons (Fsp3) is 0.310. The molecule has 0 spiro atoms. The quantitative estimate of drug-likeness (QED) is 0.488. The second-order valence-corrected chi connectivity index (χ2v) is 9.85. The predicted molar refractivity (Wildman–Crippen MR) is 135 cm³/mol. The summed E-state index contributed by atoms with van der Waals surface area (Å²) in [5, 5.41) is 9.06. The van der Waals surface area contributed by atoms with Crippen LogP contribution in [0.1, 0.15) is 43.6 Å². The predicted octanol–water partition coefficient (Wildman–Crippen LogP) is 5.20. The molecule has 0 fully saturated rings. The summed E-state index contributed by atoms with van der Waals surface area (Å²) in [4.78, 5) is 41.5. The van der Waals surface area contributed by atoms with Gasteiger partial charge < -0.3 is 9.90 Å². The summed E-state index contributed by atoms with van der Waals surface area (Å²) >= 11 is 0. The van der Waals surface area contributed by atoms with Gasteiger partial charge in [0, 0.05) is 46.3 Å². The second kappa shape index (κ2) is 9.32. The van der Waals surface area contributed by atoms with E-state index in [1.807, 2.05) is 13.8 Å². The molecule has 0 aliphatic heterocycles. The van der Waals surface area contributed by atoms with Crippen LogP contribution in [0.2, 0.25) is 0 Å². The van der Waals surface area contributed by atoms with Gasteiger partial charge in [0.1, 0.15) is 5.82 Å². The maximum Gasteiger partial charge on any atom is 0.303 e. The third-order valence-electron chi connectivity index (χ3n) is 7.62. The number of aryl methyl sites for hydroxylation is 1. The molecule has 0 bridgehead atoms. The molecule has 0 unspecified atom stereocenters. The molecule has 0 saturated heterocycles. The zero-order valence-corrected chi connectivity index (χ0v) is 20.5. The Kier molecular flexibility index (Phi) is 6.16. The van der Waals surface area contributed by atoms with Gasteiger partial charge in [0.25, 0.3) is 0 Å². The Hall–Kier alpha value is -4.25. The number of carbonyl (C=O) groups excluding carboxylic acids is 1. The fourth-order valence-corrected chi connectivity index (χ4v) is 5.74. The Morgan fingerprint density at radius 3 is 2.78 bits per heavy atom. The number of benzene rings is 1. The van der Waals surface area contributed by atoms with E-state index >= 15 is 4.39 Å². The zero-order chi connectivity index (χ0) is 26.3. The first-order chi connectivity index (χ1) is 17.7. The number of carboxylic acids is 1. The lowest BCUT2D eigenvalue weighted by Crippen LogP contribution is -2.46. The molecule has 1 aromatic carbocycles. The van der Waals surface area contributed by atoms with E-state index in [4.69, 9.17) is 21.6 Å². The van der Waals surface area contributed by atoms with E-state index in [-0.39, 0.29) is 36.2 Å². The number of halogens is 1. The van der Waals surface area contributed by atoms with E-state index in [1.165, 1.54) is 6.07 Å². The van der Waals surface area contributed by atoms with Crippen molar-refractivity contribution in [2.45, 2.75) is 44.9 Å². The van der Waals surface area contributed by atoms with Crippen molar-refractivity contribution in [1.82, 2.24) is 15.0 Å². The number of hydrogen-bond donors (Lipinski definition) is 1. The van der Waals surface area contributed by atoms with Crippen molar-refractivity contribution in [2.24, 2.45) is 11.8 Å². The van der Waals surface area contributed by atoms with E-state index in [0.29, 0.717) is 46.9 Å². The SMILES string of the molecule is [C-]#[N+]C1=C[C@@]2(C)c3nc(-c4ccnc(CCC(=O)O)c4)nc(-c4ccccc4F)c3CC[C@@H]2[C@@H](C)C1=O. The molecule has 0 saturated carbocycles. The average molecular weight is 497 g/mol. The van der Waals surface area contributed by atoms with Gasteiger partial charge in [0.05, 0.1) is 24.4 Å². The van der Waals surface area contributed by atoms with Crippen LogP contribution < -0.4 is 0 Å². The molecule has 2 heterocycles. The van der Waals surface area contributed by atoms with E-state index in [9.17, 15) is 9.59 Å². The first kappa shape index (κ1) is 24.4. The van der Waals surface area contributed by atoms with Crippen LogP contribution in [0.3, 0.4) is 0 Å². The number of allylic oxidation sites excluding steroid dienone is 2. The maximum absolute atomic E-state index is 15.1. The third kappa shape index (κ3) is 4.20. The number of Topliss-reactive ketones (excluding diaryl/α,β-unsaturated/α-hetero) is 1. The lowest BCUT2D eigenvalue weighted by Gasteiger charge is -2.46. The summed E-state index contributed by atoms with van der Waals surface area (Å²) in [5.41, 5.74) is 2.97. The van der Waals surface area contributed by atoms with Gasteiger partial charge >= 0.3 is 5.97 Å². The standard InChI is InChI=1S/C29H25FN4O3/c1-16-21-10-9-20-25(19-6-4-5-7-22(19)30)33-28(17-12-13-32-18(14-17)8-11-24(35)36)34-27(20)29(21,2)15-23(31-3)26(16)37/h4-7,12-16,21H,8-11H2,1-2H3,(H,35,36)/t16-,21-,29-/m1/s1. The summed E-state index contributed by atoms with van der Waals surface area (Å²) in [6.07, 6.45) is 4.79. The lowest BCUT2D eigenvalue weighted by atomic mass is 9.58. The zero-order valence-electron chi connectivity index (χ0n) is 20.5. The highest BCUT2D eigenvalue weighted by atomic mass is 19.1. The normalized spacial score (nSPS) is 22.4. The Bertz CT molecular complexity index is 1510. The molecule has 0 amide bonds. The minimum Gasteiger partial charge on any atom is -0.481 e. The first-order valence-corrected chi connectivity index (χ1v) is 12.2. The van der Waals surface area contributed by atoms with Gasteiger partial charge in [-0.1, -0.05) is 32.1 Å². The summed E-state index contributed by atoms with van der Waals surface area (Å²) < 4.78 is 15.1. The highest BCUT2D eigenvalue weighted by molar-refractivity contribution is 6.00. The van der Waals surface area contributed by atoms with Crippen LogP contribution in [-0.2, 0) is 27.8 Å². The maximum atomic E-state index is 15.1. The Morgan fingerprint density at radius 1 is 1.27 bits per heavy atom. The molecule has 8 heteroatoms. The molecule has 3 atom stereocenters. The van der Waals surface area contributed by atoms with Gasteiger partial charge in [-0.2, -0.15) is 0 Å². The summed E-state index contributed by atoms with van der Waals surface area (Å²) in [6.45, 7) is 11.4. The second-order valence-electron chi connectivity index (χ2n) is 9.85. The number of aromatic nitrogens is 3. The van der Waals surface area contributed by atoms with Crippen LogP contribution in [0.25, 0.3) is 27.5 Å². The van der Waals surface area contributed by atoms with Gasteiger partial charge in [-0.15, -0.1) is 0 Å². The van der Waals surface area contributed by atoms with Gasteiger partial charge in [-0.25, -0.2) is 19.2 Å². The number of pyridine rings is 1. The smallest absolute Gasteiger partial charge is 0.303 e. The number of hydrogen-bond acceptors (Lipinski definition) is 5. The van der Waals surface area contributed by atoms with Crippen LogP contribution in [-0.4, -0.2) is 31.8 Å². The van der Waals surface area contributed by atoms with Crippen molar-refractivity contribution in [3.63, 3.8) is 0 Å². The molecule has 5 rings (SSSR count). The Morgan fingerprint density at radius 2 is 2.05 bits per heavy atom.